The van der Waals surface area contributed by atoms with Crippen molar-refractivity contribution in [1.29, 1.82) is 0 Å². The van der Waals surface area contributed by atoms with E-state index in [0.29, 0.717) is 27.1 Å². The number of carbonyl (C=O) groups excluding carboxylic acids is 1. The molecule has 1 aromatic heterocycles. The first-order chi connectivity index (χ1) is 15.6. The van der Waals surface area contributed by atoms with Gasteiger partial charge in [-0.3, -0.25) is 0 Å². The maximum Gasteiger partial charge on any atom is 0.363 e. The van der Waals surface area contributed by atoms with Crippen LogP contribution in [-0.4, -0.2) is 11.9 Å². The molecule has 1 aliphatic heterocycles. The second-order valence-electron chi connectivity index (χ2n) is 7.11. The van der Waals surface area contributed by atoms with Crippen LogP contribution in [0.2, 0.25) is 10.0 Å². The van der Waals surface area contributed by atoms with Gasteiger partial charge >= 0.3 is 5.97 Å². The molecule has 3 aromatic carbocycles. The zero-order chi connectivity index (χ0) is 22.1. The number of halogens is 2. The van der Waals surface area contributed by atoms with Crippen molar-refractivity contribution in [1.82, 2.24) is 0 Å². The molecule has 0 spiro atoms. The van der Waals surface area contributed by atoms with Gasteiger partial charge in [0.15, 0.2) is 5.70 Å². The molecular weight excluding hydrogens is 445 g/mol. The minimum Gasteiger partial charge on any atom is -0.457 e. The van der Waals surface area contributed by atoms with Gasteiger partial charge in [0.1, 0.15) is 11.5 Å². The molecule has 0 N–H and O–H groups in total. The van der Waals surface area contributed by atoms with Crippen LogP contribution in [0.1, 0.15) is 11.3 Å². The molecule has 6 heteroatoms. The van der Waals surface area contributed by atoms with Crippen LogP contribution in [0.15, 0.2) is 100 Å². The highest BCUT2D eigenvalue weighted by molar-refractivity contribution is 6.36. The smallest absolute Gasteiger partial charge is 0.363 e. The Hall–Kier alpha value is -3.60. The van der Waals surface area contributed by atoms with Crippen molar-refractivity contribution in [2.24, 2.45) is 4.99 Å². The lowest BCUT2D eigenvalue weighted by Gasteiger charge is -2.03. The molecular formula is C26H15Cl2NO3. The zero-order valence-electron chi connectivity index (χ0n) is 16.6. The van der Waals surface area contributed by atoms with Crippen molar-refractivity contribution in [3.05, 3.63) is 112 Å². The standard InChI is InChI=1S/C26H15Cl2NO3/c27-19-10-12-21(22(28)14-19)24-13-11-20(31-24)15-23-26(30)32-25(29-23)18-8-6-17(7-9-18)16-4-2-1-3-5-16/h1-15H/b23-15-. The summed E-state index contributed by atoms with van der Waals surface area (Å²) in [5.41, 5.74) is 3.76. The highest BCUT2D eigenvalue weighted by atomic mass is 35.5. The van der Waals surface area contributed by atoms with Crippen LogP contribution >= 0.6 is 23.2 Å². The summed E-state index contributed by atoms with van der Waals surface area (Å²) in [6.45, 7) is 0. The molecule has 4 aromatic rings. The van der Waals surface area contributed by atoms with Gasteiger partial charge in [0.05, 0.1) is 5.02 Å². The third-order valence-electron chi connectivity index (χ3n) is 4.96. The largest absolute Gasteiger partial charge is 0.457 e. The van der Waals surface area contributed by atoms with Crippen LogP contribution in [0.3, 0.4) is 0 Å². The van der Waals surface area contributed by atoms with E-state index < -0.39 is 5.97 Å². The normalized spacial score (nSPS) is 14.5. The maximum atomic E-state index is 12.3. The molecule has 0 saturated carbocycles. The Kier molecular flexibility index (Phi) is 5.39. The average Bonchev–Trinajstić information content (AvgIpc) is 3.41. The van der Waals surface area contributed by atoms with E-state index in [1.807, 2.05) is 54.6 Å². The number of benzene rings is 3. The summed E-state index contributed by atoms with van der Waals surface area (Å²) in [7, 11) is 0. The van der Waals surface area contributed by atoms with Crippen LogP contribution in [0.5, 0.6) is 0 Å². The minimum absolute atomic E-state index is 0.162. The van der Waals surface area contributed by atoms with E-state index in [9.17, 15) is 4.79 Å². The Morgan fingerprint density at radius 1 is 0.781 bits per heavy atom. The Morgan fingerprint density at radius 2 is 1.50 bits per heavy atom. The lowest BCUT2D eigenvalue weighted by atomic mass is 10.0. The third kappa shape index (κ3) is 4.11. The molecule has 156 valence electrons. The molecule has 0 atom stereocenters. The lowest BCUT2D eigenvalue weighted by Crippen LogP contribution is -2.05. The Bertz CT molecular complexity index is 1370. The molecule has 2 heterocycles. The SMILES string of the molecule is O=C1OC(c2ccc(-c3ccccc3)cc2)=N/C1=C\c1ccc(-c2ccc(Cl)cc2Cl)o1. The van der Waals surface area contributed by atoms with Gasteiger partial charge in [-0.05, 0) is 53.6 Å². The molecule has 0 aliphatic carbocycles. The van der Waals surface area contributed by atoms with Gasteiger partial charge < -0.3 is 9.15 Å². The molecule has 0 radical (unpaired) electrons. The fourth-order valence-corrected chi connectivity index (χ4v) is 3.87. The van der Waals surface area contributed by atoms with Gasteiger partial charge in [-0.25, -0.2) is 9.79 Å². The number of nitrogens with zero attached hydrogens (tertiary/aromatic N) is 1. The first-order valence-electron chi connectivity index (χ1n) is 9.80. The van der Waals surface area contributed by atoms with E-state index in [0.717, 1.165) is 16.7 Å². The number of carbonyl (C=O) groups is 1. The topological polar surface area (TPSA) is 51.8 Å². The number of ether oxygens (including phenoxy) is 1. The first kappa shape index (κ1) is 20.3. The van der Waals surface area contributed by atoms with Crippen LogP contribution in [0, 0.1) is 0 Å². The number of aliphatic imine (C=N–C) groups is 1. The van der Waals surface area contributed by atoms with Gasteiger partial charge in [0.2, 0.25) is 5.90 Å². The number of rotatable bonds is 4. The van der Waals surface area contributed by atoms with Crippen LogP contribution < -0.4 is 0 Å². The molecule has 0 unspecified atom stereocenters. The van der Waals surface area contributed by atoms with Crippen molar-refractivity contribution in [3.8, 4) is 22.5 Å². The predicted octanol–water partition coefficient (Wildman–Crippen LogP) is 7.26. The molecule has 1 aliphatic rings. The Balaban J connectivity index is 1.39. The molecule has 0 fully saturated rings. The number of esters is 1. The predicted molar refractivity (Wildman–Crippen MR) is 127 cm³/mol. The van der Waals surface area contributed by atoms with Crippen molar-refractivity contribution >= 4 is 41.1 Å². The highest BCUT2D eigenvalue weighted by Crippen LogP contribution is 2.32. The van der Waals surface area contributed by atoms with Crippen LogP contribution in [0.25, 0.3) is 28.5 Å². The van der Waals surface area contributed by atoms with Crippen molar-refractivity contribution in [2.45, 2.75) is 0 Å². The number of cyclic esters (lactones) is 1. The first-order valence-corrected chi connectivity index (χ1v) is 10.6. The van der Waals surface area contributed by atoms with Crippen molar-refractivity contribution in [3.63, 3.8) is 0 Å². The van der Waals surface area contributed by atoms with Gasteiger partial charge in [0.25, 0.3) is 0 Å². The maximum absolute atomic E-state index is 12.3. The molecule has 5 rings (SSSR count). The van der Waals surface area contributed by atoms with Gasteiger partial charge in [-0.2, -0.15) is 0 Å². The van der Waals surface area contributed by atoms with Gasteiger partial charge in [-0.15, -0.1) is 0 Å². The fraction of sp³-hybridized carbons (Fsp3) is 0. The van der Waals surface area contributed by atoms with E-state index >= 15 is 0 Å². The monoisotopic (exact) mass is 459 g/mol. The minimum atomic E-state index is -0.533. The summed E-state index contributed by atoms with van der Waals surface area (Å²) in [4.78, 5) is 16.7. The molecule has 0 amide bonds. The van der Waals surface area contributed by atoms with Crippen LogP contribution in [-0.2, 0) is 9.53 Å². The number of hydrogen-bond donors (Lipinski definition) is 0. The second-order valence-corrected chi connectivity index (χ2v) is 7.95. The summed E-state index contributed by atoms with van der Waals surface area (Å²) < 4.78 is 11.2. The fourth-order valence-electron chi connectivity index (χ4n) is 3.37. The van der Waals surface area contributed by atoms with E-state index in [2.05, 4.69) is 4.99 Å². The molecule has 32 heavy (non-hydrogen) atoms. The Labute approximate surface area is 194 Å². The quantitative estimate of drug-likeness (QED) is 0.238. The van der Waals surface area contributed by atoms with E-state index in [1.165, 1.54) is 0 Å². The molecule has 0 saturated heterocycles. The van der Waals surface area contributed by atoms with Gasteiger partial charge in [-0.1, -0.05) is 65.7 Å². The van der Waals surface area contributed by atoms with E-state index in [1.54, 1.807) is 36.4 Å². The third-order valence-corrected chi connectivity index (χ3v) is 5.51. The van der Waals surface area contributed by atoms with E-state index in [4.69, 9.17) is 32.4 Å². The Morgan fingerprint density at radius 3 is 2.25 bits per heavy atom. The zero-order valence-corrected chi connectivity index (χ0v) is 18.1. The molecule has 0 bridgehead atoms. The summed E-state index contributed by atoms with van der Waals surface area (Å²) in [5.74, 6) is 0.746. The average molecular weight is 460 g/mol. The summed E-state index contributed by atoms with van der Waals surface area (Å²) in [6, 6.07) is 26.4. The van der Waals surface area contributed by atoms with Crippen molar-refractivity contribution in [2.75, 3.05) is 0 Å². The summed E-state index contributed by atoms with van der Waals surface area (Å²) in [5, 5.41) is 1.02. The van der Waals surface area contributed by atoms with E-state index in [-0.39, 0.29) is 11.6 Å². The number of furan rings is 1. The van der Waals surface area contributed by atoms with Crippen molar-refractivity contribution < 1.29 is 13.9 Å². The second kappa shape index (κ2) is 8.50. The highest BCUT2D eigenvalue weighted by Gasteiger charge is 2.24. The van der Waals surface area contributed by atoms with Gasteiger partial charge in [0, 0.05) is 22.2 Å². The number of hydrogen-bond acceptors (Lipinski definition) is 4. The lowest BCUT2D eigenvalue weighted by molar-refractivity contribution is -0.129. The molecule has 4 nitrogen and oxygen atoms in total. The summed E-state index contributed by atoms with van der Waals surface area (Å²) in [6.07, 6.45) is 1.54. The summed E-state index contributed by atoms with van der Waals surface area (Å²) >= 11 is 12.2. The van der Waals surface area contributed by atoms with Crippen LogP contribution in [0.4, 0.5) is 0 Å².